The molecule has 1 unspecified atom stereocenters. The van der Waals surface area contributed by atoms with Crippen LogP contribution in [0, 0.1) is 17.8 Å². The van der Waals surface area contributed by atoms with Crippen LogP contribution in [0.5, 0.6) is 0 Å². The molecule has 5 heteroatoms. The fraction of sp³-hybridized carbons (Fsp3) is 0.467. The first kappa shape index (κ1) is 28.3. The fourth-order valence-electron chi connectivity index (χ4n) is 3.64. The molecule has 2 rings (SSSR count). The van der Waals surface area contributed by atoms with E-state index in [1.54, 1.807) is 13.8 Å². The summed E-state index contributed by atoms with van der Waals surface area (Å²) in [6.45, 7) is 11.3. The number of hydrogen-bond donors (Lipinski definition) is 1. The Bertz CT molecular complexity index is 942. The predicted molar refractivity (Wildman–Crippen MR) is 140 cm³/mol. The Balaban J connectivity index is 2.01. The zero-order valence-electron chi connectivity index (χ0n) is 21.6. The second kappa shape index (κ2) is 14.5. The van der Waals surface area contributed by atoms with Crippen LogP contribution in [-0.2, 0) is 31.9 Å². The summed E-state index contributed by atoms with van der Waals surface area (Å²) in [5.41, 5.74) is 4.72. The van der Waals surface area contributed by atoms with E-state index in [9.17, 15) is 9.59 Å². The second-order valence-electron chi connectivity index (χ2n) is 9.89. The summed E-state index contributed by atoms with van der Waals surface area (Å²) in [6.07, 6.45) is 4.15. The van der Waals surface area contributed by atoms with E-state index in [-0.39, 0.29) is 36.6 Å². The van der Waals surface area contributed by atoms with Crippen molar-refractivity contribution >= 4 is 11.9 Å². The maximum atomic E-state index is 11.9. The molecule has 0 radical (unpaired) electrons. The molecule has 5 nitrogen and oxygen atoms in total. The molecule has 1 N–H and O–H groups in total. The van der Waals surface area contributed by atoms with Crippen molar-refractivity contribution in [3.05, 3.63) is 71.8 Å². The van der Waals surface area contributed by atoms with Crippen molar-refractivity contribution < 1.29 is 24.2 Å². The topological polar surface area (TPSA) is 72.8 Å². The molecule has 0 saturated carbocycles. The zero-order chi connectivity index (χ0) is 25.8. The number of aliphatic hydroxyl groups is 1. The van der Waals surface area contributed by atoms with Crippen molar-refractivity contribution in [3.8, 4) is 11.1 Å². The molecule has 0 aliphatic carbocycles. The molecular formula is C30H40O5. The van der Waals surface area contributed by atoms with Gasteiger partial charge in [0.15, 0.2) is 0 Å². The first-order valence-electron chi connectivity index (χ1n) is 12.5. The Labute approximate surface area is 210 Å². The van der Waals surface area contributed by atoms with Gasteiger partial charge in [-0.15, -0.1) is 0 Å². The van der Waals surface area contributed by atoms with Crippen LogP contribution in [0.25, 0.3) is 11.1 Å². The lowest BCUT2D eigenvalue weighted by atomic mass is 9.96. The number of hydrogen-bond acceptors (Lipinski definition) is 5. The zero-order valence-corrected chi connectivity index (χ0v) is 21.6. The minimum atomic E-state index is -0.643. The lowest BCUT2D eigenvalue weighted by Crippen LogP contribution is -2.25. The first-order valence-corrected chi connectivity index (χ1v) is 12.5. The van der Waals surface area contributed by atoms with Gasteiger partial charge in [0, 0.05) is 5.92 Å². The van der Waals surface area contributed by atoms with Gasteiger partial charge in [-0.05, 0) is 47.4 Å². The van der Waals surface area contributed by atoms with Gasteiger partial charge in [-0.3, -0.25) is 4.79 Å². The van der Waals surface area contributed by atoms with E-state index in [0.29, 0.717) is 6.42 Å². The molecule has 2 aromatic rings. The van der Waals surface area contributed by atoms with Gasteiger partial charge >= 0.3 is 11.9 Å². The van der Waals surface area contributed by atoms with Crippen LogP contribution in [0.2, 0.25) is 0 Å². The number of esters is 2. The van der Waals surface area contributed by atoms with E-state index in [4.69, 9.17) is 14.6 Å². The molecule has 0 amide bonds. The van der Waals surface area contributed by atoms with Crippen LogP contribution in [-0.4, -0.2) is 36.9 Å². The molecule has 0 aromatic heterocycles. The van der Waals surface area contributed by atoms with Gasteiger partial charge in [0.1, 0.15) is 0 Å². The van der Waals surface area contributed by atoms with E-state index >= 15 is 0 Å². The Kier molecular flexibility index (Phi) is 11.7. The largest absolute Gasteiger partial charge is 0.465 e. The van der Waals surface area contributed by atoms with E-state index in [1.165, 1.54) is 24.0 Å². The molecule has 0 spiro atoms. The number of carbonyl (C=O) groups is 2. The highest BCUT2D eigenvalue weighted by atomic mass is 16.5. The van der Waals surface area contributed by atoms with Crippen molar-refractivity contribution in [1.82, 2.24) is 0 Å². The Morgan fingerprint density at radius 1 is 0.857 bits per heavy atom. The number of rotatable bonds is 14. The highest BCUT2D eigenvalue weighted by Crippen LogP contribution is 2.22. The Hall–Kier alpha value is -2.92. The summed E-state index contributed by atoms with van der Waals surface area (Å²) in [4.78, 5) is 23.8. The van der Waals surface area contributed by atoms with Gasteiger partial charge in [-0.25, -0.2) is 4.79 Å². The molecule has 0 aliphatic rings. The molecule has 0 fully saturated rings. The normalized spacial score (nSPS) is 12.0. The highest BCUT2D eigenvalue weighted by Gasteiger charge is 2.18. The van der Waals surface area contributed by atoms with Gasteiger partial charge in [0.2, 0.25) is 0 Å². The van der Waals surface area contributed by atoms with E-state index in [0.717, 1.165) is 23.5 Å². The summed E-state index contributed by atoms with van der Waals surface area (Å²) < 4.78 is 10.7. The van der Waals surface area contributed by atoms with Crippen LogP contribution < -0.4 is 0 Å². The van der Waals surface area contributed by atoms with Crippen molar-refractivity contribution in [3.63, 3.8) is 0 Å². The van der Waals surface area contributed by atoms with Crippen molar-refractivity contribution in [2.45, 2.75) is 53.4 Å². The van der Waals surface area contributed by atoms with Gasteiger partial charge in [-0.1, -0.05) is 89.2 Å². The van der Waals surface area contributed by atoms with Crippen LogP contribution in [0.1, 0.15) is 51.7 Å². The van der Waals surface area contributed by atoms with Crippen molar-refractivity contribution in [1.29, 1.82) is 0 Å². The van der Waals surface area contributed by atoms with Crippen LogP contribution in [0.4, 0.5) is 0 Å². The molecule has 35 heavy (non-hydrogen) atoms. The van der Waals surface area contributed by atoms with Crippen LogP contribution >= 0.6 is 0 Å². The lowest BCUT2D eigenvalue weighted by molar-refractivity contribution is -0.150. The maximum Gasteiger partial charge on any atom is 0.335 e. The van der Waals surface area contributed by atoms with Gasteiger partial charge in [0.05, 0.1) is 31.3 Å². The average molecular weight is 481 g/mol. The minimum Gasteiger partial charge on any atom is -0.465 e. The maximum absolute atomic E-state index is 11.9. The monoisotopic (exact) mass is 480 g/mol. The molecular weight excluding hydrogens is 440 g/mol. The highest BCUT2D eigenvalue weighted by molar-refractivity contribution is 5.87. The van der Waals surface area contributed by atoms with Crippen molar-refractivity contribution in [2.24, 2.45) is 17.8 Å². The third-order valence-corrected chi connectivity index (χ3v) is 5.87. The third-order valence-electron chi connectivity index (χ3n) is 5.87. The summed E-state index contributed by atoms with van der Waals surface area (Å²) in [5.74, 6) is -0.626. The smallest absolute Gasteiger partial charge is 0.335 e. The quantitative estimate of drug-likeness (QED) is 0.274. The van der Waals surface area contributed by atoms with E-state index in [1.807, 2.05) is 0 Å². The number of aliphatic hydroxyl groups excluding tert-OH is 1. The SMILES string of the molecule is C=C(CO)C(=O)OCC(COC(=O)C(C)C)Cc1ccc(-c2ccc(CCCC(C)C)cc2)cc1. The number of benzene rings is 2. The molecule has 0 saturated heterocycles. The fourth-order valence-corrected chi connectivity index (χ4v) is 3.64. The second-order valence-corrected chi connectivity index (χ2v) is 9.89. The predicted octanol–water partition coefficient (Wildman–Crippen LogP) is 5.78. The van der Waals surface area contributed by atoms with Crippen LogP contribution in [0.15, 0.2) is 60.7 Å². The van der Waals surface area contributed by atoms with Crippen molar-refractivity contribution in [2.75, 3.05) is 19.8 Å². The first-order chi connectivity index (χ1) is 16.7. The molecule has 0 bridgehead atoms. The van der Waals surface area contributed by atoms with E-state index < -0.39 is 12.6 Å². The van der Waals surface area contributed by atoms with Crippen LogP contribution in [0.3, 0.4) is 0 Å². The summed E-state index contributed by atoms with van der Waals surface area (Å²) in [7, 11) is 0. The average Bonchev–Trinajstić information content (AvgIpc) is 2.85. The summed E-state index contributed by atoms with van der Waals surface area (Å²) in [6, 6.07) is 17.0. The molecule has 0 aliphatic heterocycles. The van der Waals surface area contributed by atoms with Gasteiger partial charge in [0.25, 0.3) is 0 Å². The minimum absolute atomic E-state index is 0.00165. The van der Waals surface area contributed by atoms with Gasteiger partial charge in [-0.2, -0.15) is 0 Å². The Morgan fingerprint density at radius 2 is 1.40 bits per heavy atom. The molecule has 1 atom stereocenters. The summed E-state index contributed by atoms with van der Waals surface area (Å²) >= 11 is 0. The van der Waals surface area contributed by atoms with Gasteiger partial charge < -0.3 is 14.6 Å². The molecule has 0 heterocycles. The Morgan fingerprint density at radius 3 is 1.91 bits per heavy atom. The summed E-state index contributed by atoms with van der Waals surface area (Å²) in [5, 5.41) is 9.07. The molecule has 190 valence electrons. The standard InChI is InChI=1S/C30H40O5/c1-21(2)7-6-8-24-9-13-27(14-10-24)28-15-11-25(12-16-28)17-26(19-34-29(32)22(3)4)20-35-30(33)23(5)18-31/h9-16,21-22,26,31H,5-8,17-20H2,1-4H3. The number of aryl methyl sites for hydroxylation is 1. The van der Waals surface area contributed by atoms with E-state index in [2.05, 4.69) is 69.0 Å². The number of carbonyl (C=O) groups excluding carboxylic acids is 2. The number of ether oxygens (including phenoxy) is 2. The molecule has 2 aromatic carbocycles. The third kappa shape index (κ3) is 10.1. The lowest BCUT2D eigenvalue weighted by Gasteiger charge is -2.18.